The first-order chi connectivity index (χ1) is 15.1. The van der Waals surface area contributed by atoms with Crippen molar-refractivity contribution in [1.82, 2.24) is 4.98 Å². The molecule has 0 amide bonds. The van der Waals surface area contributed by atoms with Gasteiger partial charge in [-0.15, -0.1) is 0 Å². The summed E-state index contributed by atoms with van der Waals surface area (Å²) in [5.74, 6) is 1.40. The maximum absolute atomic E-state index is 9.39. The Hall–Kier alpha value is -3.46. The largest absolute Gasteiger partial charge is 0.489 e. The molecule has 154 valence electrons. The summed E-state index contributed by atoms with van der Waals surface area (Å²) in [7, 11) is 0. The van der Waals surface area contributed by atoms with E-state index in [1.165, 1.54) is 0 Å². The topological polar surface area (TPSA) is 71.1 Å². The number of oxazole rings is 1. The van der Waals surface area contributed by atoms with Gasteiger partial charge in [-0.2, -0.15) is 10.2 Å². The van der Waals surface area contributed by atoms with Crippen molar-refractivity contribution in [2.75, 3.05) is 5.32 Å². The summed E-state index contributed by atoms with van der Waals surface area (Å²) < 4.78 is 11.6. The smallest absolute Gasteiger partial charge is 0.232 e. The Balaban J connectivity index is 1.42. The van der Waals surface area contributed by atoms with Crippen LogP contribution in [0, 0.1) is 11.3 Å². The minimum atomic E-state index is 0.201. The lowest BCUT2D eigenvalue weighted by molar-refractivity contribution is 0.306. The van der Waals surface area contributed by atoms with Crippen LogP contribution >= 0.6 is 23.2 Å². The van der Waals surface area contributed by atoms with Gasteiger partial charge in [0.05, 0.1) is 0 Å². The van der Waals surface area contributed by atoms with Gasteiger partial charge in [0.15, 0.2) is 0 Å². The quantitative estimate of drug-likeness (QED) is 0.339. The lowest BCUT2D eigenvalue weighted by Gasteiger charge is -2.07. The number of nitrogens with one attached hydrogen (secondary N) is 1. The van der Waals surface area contributed by atoms with Crippen LogP contribution in [0.4, 0.5) is 5.88 Å². The van der Waals surface area contributed by atoms with E-state index in [1.807, 2.05) is 72.8 Å². The fourth-order valence-electron chi connectivity index (χ4n) is 2.86. The molecule has 0 aliphatic rings. The Morgan fingerprint density at radius 3 is 2.10 bits per heavy atom. The van der Waals surface area contributed by atoms with Crippen LogP contribution in [0.2, 0.25) is 10.0 Å². The van der Waals surface area contributed by atoms with Crippen LogP contribution < -0.4 is 10.1 Å². The Morgan fingerprint density at radius 1 is 0.871 bits per heavy atom. The van der Waals surface area contributed by atoms with Gasteiger partial charge in [0.25, 0.3) is 0 Å². The molecule has 31 heavy (non-hydrogen) atoms. The van der Waals surface area contributed by atoms with Gasteiger partial charge in [0, 0.05) is 22.2 Å². The molecule has 0 aliphatic heterocycles. The number of benzene rings is 3. The molecular weight excluding hydrogens is 433 g/mol. The number of nitrogens with zero attached hydrogens (tertiary/aromatic N) is 2. The van der Waals surface area contributed by atoms with Crippen molar-refractivity contribution < 1.29 is 9.15 Å². The molecule has 0 atom stereocenters. The first-order valence-corrected chi connectivity index (χ1v) is 10.2. The highest BCUT2D eigenvalue weighted by molar-refractivity contribution is 6.30. The molecule has 7 heteroatoms. The summed E-state index contributed by atoms with van der Waals surface area (Å²) in [6.45, 7) is 0.921. The molecule has 4 aromatic rings. The van der Waals surface area contributed by atoms with E-state index < -0.39 is 0 Å². The normalized spacial score (nSPS) is 10.5. The number of ether oxygens (including phenoxy) is 1. The van der Waals surface area contributed by atoms with Gasteiger partial charge in [-0.1, -0.05) is 47.5 Å². The van der Waals surface area contributed by atoms with Crippen molar-refractivity contribution in [2.45, 2.75) is 13.2 Å². The standard InChI is InChI=1S/C24H17Cl2N3O2/c25-19-7-1-16(2-8-19)14-28-24-22(13-27)29-23(31-24)18-5-11-21(12-6-18)30-15-17-3-9-20(26)10-4-17/h1-12,28H,14-15H2. The fraction of sp³-hybridized carbons (Fsp3) is 0.0833. The minimum Gasteiger partial charge on any atom is -0.489 e. The maximum atomic E-state index is 9.39. The molecule has 0 spiro atoms. The predicted octanol–water partition coefficient (Wildman–Crippen LogP) is 6.71. The van der Waals surface area contributed by atoms with Gasteiger partial charge >= 0.3 is 0 Å². The van der Waals surface area contributed by atoms with Crippen LogP contribution in [0.1, 0.15) is 16.8 Å². The van der Waals surface area contributed by atoms with Crippen molar-refractivity contribution >= 4 is 29.1 Å². The summed E-state index contributed by atoms with van der Waals surface area (Å²) in [5, 5.41) is 13.9. The van der Waals surface area contributed by atoms with Crippen molar-refractivity contribution in [3.8, 4) is 23.3 Å². The molecule has 3 aromatic carbocycles. The van der Waals surface area contributed by atoms with Gasteiger partial charge in [0.2, 0.25) is 17.5 Å². The number of rotatable bonds is 7. The van der Waals surface area contributed by atoms with Gasteiger partial charge in [-0.05, 0) is 59.7 Å². The first kappa shape index (κ1) is 20.8. The molecule has 0 aliphatic carbocycles. The second-order valence-electron chi connectivity index (χ2n) is 6.73. The molecule has 1 aromatic heterocycles. The van der Waals surface area contributed by atoms with Crippen molar-refractivity contribution in [3.05, 3.63) is 99.7 Å². The molecule has 0 bridgehead atoms. The van der Waals surface area contributed by atoms with E-state index in [0.29, 0.717) is 40.7 Å². The number of hydrogen-bond acceptors (Lipinski definition) is 5. The van der Waals surface area contributed by atoms with Crippen LogP contribution in [0.3, 0.4) is 0 Å². The Morgan fingerprint density at radius 2 is 1.48 bits per heavy atom. The third kappa shape index (κ3) is 5.37. The molecular formula is C24H17Cl2N3O2. The van der Waals surface area contributed by atoms with Crippen molar-refractivity contribution in [2.24, 2.45) is 0 Å². The summed E-state index contributed by atoms with van der Waals surface area (Å²) in [5.41, 5.74) is 2.98. The molecule has 1 heterocycles. The monoisotopic (exact) mass is 449 g/mol. The summed E-state index contributed by atoms with van der Waals surface area (Å²) in [4.78, 5) is 4.29. The number of nitriles is 1. The fourth-order valence-corrected chi connectivity index (χ4v) is 3.12. The third-order valence-electron chi connectivity index (χ3n) is 4.52. The summed E-state index contributed by atoms with van der Waals surface area (Å²) in [6, 6.07) is 24.4. The van der Waals surface area contributed by atoms with E-state index in [2.05, 4.69) is 16.4 Å². The second kappa shape index (κ2) is 9.57. The summed E-state index contributed by atoms with van der Waals surface area (Å²) >= 11 is 11.8. The summed E-state index contributed by atoms with van der Waals surface area (Å²) in [6.07, 6.45) is 0. The Labute approximate surface area is 189 Å². The van der Waals surface area contributed by atoms with E-state index in [1.54, 1.807) is 0 Å². The second-order valence-corrected chi connectivity index (χ2v) is 7.60. The van der Waals surface area contributed by atoms with Crippen LogP contribution in [-0.4, -0.2) is 4.98 Å². The number of anilines is 1. The molecule has 4 rings (SSSR count). The van der Waals surface area contributed by atoms with Crippen LogP contribution in [-0.2, 0) is 13.2 Å². The maximum Gasteiger partial charge on any atom is 0.232 e. The lowest BCUT2D eigenvalue weighted by Crippen LogP contribution is -1.99. The average molecular weight is 450 g/mol. The molecule has 5 nitrogen and oxygen atoms in total. The highest BCUT2D eigenvalue weighted by atomic mass is 35.5. The van der Waals surface area contributed by atoms with Crippen LogP contribution in [0.25, 0.3) is 11.5 Å². The predicted molar refractivity (Wildman–Crippen MR) is 121 cm³/mol. The molecule has 0 saturated heterocycles. The van der Waals surface area contributed by atoms with Crippen molar-refractivity contribution in [3.63, 3.8) is 0 Å². The van der Waals surface area contributed by atoms with E-state index in [0.717, 1.165) is 16.7 Å². The SMILES string of the molecule is N#Cc1nc(-c2ccc(OCc3ccc(Cl)cc3)cc2)oc1NCc1ccc(Cl)cc1. The molecule has 0 unspecified atom stereocenters. The molecule has 0 fully saturated rings. The van der Waals surface area contributed by atoms with Gasteiger partial charge in [0.1, 0.15) is 18.4 Å². The average Bonchev–Trinajstić information content (AvgIpc) is 3.22. The zero-order valence-corrected chi connectivity index (χ0v) is 17.8. The molecule has 1 N–H and O–H groups in total. The zero-order valence-electron chi connectivity index (χ0n) is 16.3. The Bertz CT molecular complexity index is 1200. The van der Waals surface area contributed by atoms with E-state index in [9.17, 15) is 5.26 Å². The van der Waals surface area contributed by atoms with Gasteiger partial charge in [-0.3, -0.25) is 0 Å². The van der Waals surface area contributed by atoms with E-state index >= 15 is 0 Å². The minimum absolute atomic E-state index is 0.201. The first-order valence-electron chi connectivity index (χ1n) is 9.47. The van der Waals surface area contributed by atoms with E-state index in [-0.39, 0.29) is 5.69 Å². The lowest BCUT2D eigenvalue weighted by atomic mass is 10.2. The number of halogens is 2. The number of hydrogen-bond donors (Lipinski definition) is 1. The van der Waals surface area contributed by atoms with Gasteiger partial charge < -0.3 is 14.5 Å². The third-order valence-corrected chi connectivity index (χ3v) is 5.02. The Kier molecular flexibility index (Phi) is 6.42. The van der Waals surface area contributed by atoms with Crippen molar-refractivity contribution in [1.29, 1.82) is 5.26 Å². The molecule has 0 radical (unpaired) electrons. The van der Waals surface area contributed by atoms with Crippen LogP contribution in [0.15, 0.2) is 77.2 Å². The van der Waals surface area contributed by atoms with Crippen LogP contribution in [0.5, 0.6) is 5.75 Å². The van der Waals surface area contributed by atoms with E-state index in [4.69, 9.17) is 32.4 Å². The van der Waals surface area contributed by atoms with Gasteiger partial charge in [-0.25, -0.2) is 0 Å². The number of aromatic nitrogens is 1. The highest BCUT2D eigenvalue weighted by Crippen LogP contribution is 2.27. The highest BCUT2D eigenvalue weighted by Gasteiger charge is 2.14. The molecule has 0 saturated carbocycles. The zero-order chi connectivity index (χ0) is 21.6.